The van der Waals surface area contributed by atoms with Crippen LogP contribution in [0.5, 0.6) is 0 Å². The van der Waals surface area contributed by atoms with E-state index in [1.165, 1.54) is 20.5 Å². The van der Waals surface area contributed by atoms with E-state index in [4.69, 9.17) is 0 Å². The predicted octanol–water partition coefficient (Wildman–Crippen LogP) is 3.27. The Balaban J connectivity index is 2.41. The van der Waals surface area contributed by atoms with Crippen LogP contribution in [-0.4, -0.2) is 19.0 Å². The zero-order chi connectivity index (χ0) is 10.1. The Morgan fingerprint density at radius 2 is 2.00 bits per heavy atom. The monoisotopic (exact) mass is 205 g/mol. The first-order chi connectivity index (χ1) is 6.65. The second-order valence-corrected chi connectivity index (χ2v) is 5.16. The average Bonchev–Trinajstić information content (AvgIpc) is 2.44. The predicted molar refractivity (Wildman–Crippen MR) is 64.0 cm³/mol. The summed E-state index contributed by atoms with van der Waals surface area (Å²) in [5.74, 6) is 0. The SMILES string of the molecule is Cc1ccc2cc(CN(C)C)sc2c1. The van der Waals surface area contributed by atoms with Crippen molar-refractivity contribution in [3.05, 3.63) is 34.7 Å². The fourth-order valence-electron chi connectivity index (χ4n) is 1.58. The van der Waals surface area contributed by atoms with Crippen LogP contribution in [0, 0.1) is 6.92 Å². The molecule has 1 aromatic heterocycles. The first kappa shape index (κ1) is 9.69. The topological polar surface area (TPSA) is 3.24 Å². The van der Waals surface area contributed by atoms with Crippen molar-refractivity contribution in [3.63, 3.8) is 0 Å². The van der Waals surface area contributed by atoms with Crippen molar-refractivity contribution in [2.45, 2.75) is 13.5 Å². The fourth-order valence-corrected chi connectivity index (χ4v) is 2.86. The van der Waals surface area contributed by atoms with Crippen LogP contribution < -0.4 is 0 Å². The summed E-state index contributed by atoms with van der Waals surface area (Å²) in [6, 6.07) is 8.94. The van der Waals surface area contributed by atoms with Crippen LogP contribution in [0.25, 0.3) is 10.1 Å². The number of hydrogen-bond acceptors (Lipinski definition) is 2. The summed E-state index contributed by atoms with van der Waals surface area (Å²) in [5.41, 5.74) is 1.34. The van der Waals surface area contributed by atoms with Crippen LogP contribution >= 0.6 is 11.3 Å². The van der Waals surface area contributed by atoms with Gasteiger partial charge in [-0.25, -0.2) is 0 Å². The van der Waals surface area contributed by atoms with E-state index in [0.717, 1.165) is 6.54 Å². The second-order valence-electron chi connectivity index (χ2n) is 3.99. The number of fused-ring (bicyclic) bond motifs is 1. The molecular weight excluding hydrogens is 190 g/mol. The second kappa shape index (κ2) is 3.71. The molecule has 0 aliphatic carbocycles. The molecule has 0 unspecified atom stereocenters. The molecular formula is C12H15NS. The molecule has 74 valence electrons. The Bertz CT molecular complexity index is 443. The number of benzene rings is 1. The van der Waals surface area contributed by atoms with Gasteiger partial charge in [-0.15, -0.1) is 11.3 Å². The number of hydrogen-bond donors (Lipinski definition) is 0. The molecule has 0 saturated carbocycles. The van der Waals surface area contributed by atoms with Crippen LogP contribution in [0.1, 0.15) is 10.4 Å². The van der Waals surface area contributed by atoms with Gasteiger partial charge >= 0.3 is 0 Å². The van der Waals surface area contributed by atoms with E-state index in [1.807, 2.05) is 11.3 Å². The van der Waals surface area contributed by atoms with Gasteiger partial charge in [0.15, 0.2) is 0 Å². The molecule has 0 saturated heterocycles. The van der Waals surface area contributed by atoms with Crippen molar-refractivity contribution in [2.24, 2.45) is 0 Å². The highest BCUT2D eigenvalue weighted by Gasteiger charge is 2.02. The van der Waals surface area contributed by atoms with Crippen LogP contribution in [0.4, 0.5) is 0 Å². The van der Waals surface area contributed by atoms with Gasteiger partial charge in [0.2, 0.25) is 0 Å². The highest BCUT2D eigenvalue weighted by atomic mass is 32.1. The minimum atomic E-state index is 1.04. The van der Waals surface area contributed by atoms with Crippen LogP contribution in [-0.2, 0) is 6.54 Å². The Hall–Kier alpha value is -0.860. The van der Waals surface area contributed by atoms with Gasteiger partial charge in [-0.2, -0.15) is 0 Å². The maximum atomic E-state index is 2.29. The largest absolute Gasteiger partial charge is 0.304 e. The lowest BCUT2D eigenvalue weighted by molar-refractivity contribution is 0.406. The van der Waals surface area contributed by atoms with Gasteiger partial charge in [-0.1, -0.05) is 12.1 Å². The first-order valence-corrected chi connectivity index (χ1v) is 5.60. The zero-order valence-corrected chi connectivity index (χ0v) is 9.69. The zero-order valence-electron chi connectivity index (χ0n) is 8.87. The normalized spacial score (nSPS) is 11.4. The maximum Gasteiger partial charge on any atom is 0.0348 e. The molecule has 1 nitrogen and oxygen atoms in total. The highest BCUT2D eigenvalue weighted by molar-refractivity contribution is 7.19. The Kier molecular flexibility index (Phi) is 2.57. The number of aryl methyl sites for hydroxylation is 1. The van der Waals surface area contributed by atoms with E-state index in [0.29, 0.717) is 0 Å². The van der Waals surface area contributed by atoms with E-state index < -0.39 is 0 Å². The molecule has 2 heteroatoms. The van der Waals surface area contributed by atoms with Crippen molar-refractivity contribution >= 4 is 21.4 Å². The summed E-state index contributed by atoms with van der Waals surface area (Å²) in [4.78, 5) is 3.65. The van der Waals surface area contributed by atoms with E-state index in [2.05, 4.69) is 50.2 Å². The average molecular weight is 205 g/mol. The molecule has 0 spiro atoms. The molecule has 0 aliphatic rings. The first-order valence-electron chi connectivity index (χ1n) is 4.79. The molecule has 1 aromatic carbocycles. The minimum absolute atomic E-state index is 1.04. The highest BCUT2D eigenvalue weighted by Crippen LogP contribution is 2.26. The molecule has 14 heavy (non-hydrogen) atoms. The molecule has 0 bridgehead atoms. The molecule has 0 aliphatic heterocycles. The number of rotatable bonds is 2. The molecule has 0 atom stereocenters. The van der Waals surface area contributed by atoms with Crippen LogP contribution in [0.3, 0.4) is 0 Å². The summed E-state index contributed by atoms with van der Waals surface area (Å²) in [6.07, 6.45) is 0. The van der Waals surface area contributed by atoms with E-state index in [9.17, 15) is 0 Å². The summed E-state index contributed by atoms with van der Waals surface area (Å²) in [5, 5.41) is 1.37. The Labute approximate surface area is 89.0 Å². The van der Waals surface area contributed by atoms with Gasteiger partial charge in [0.05, 0.1) is 0 Å². The maximum absolute atomic E-state index is 2.29. The Morgan fingerprint density at radius 1 is 1.21 bits per heavy atom. The molecule has 0 amide bonds. The lowest BCUT2D eigenvalue weighted by Gasteiger charge is -2.05. The van der Waals surface area contributed by atoms with Crippen molar-refractivity contribution < 1.29 is 0 Å². The molecule has 1 heterocycles. The van der Waals surface area contributed by atoms with Gasteiger partial charge < -0.3 is 4.90 Å². The van der Waals surface area contributed by atoms with Gasteiger partial charge in [-0.3, -0.25) is 0 Å². The summed E-state index contributed by atoms with van der Waals surface area (Å²) in [7, 11) is 4.21. The number of thiophene rings is 1. The van der Waals surface area contributed by atoms with Crippen molar-refractivity contribution in [1.29, 1.82) is 0 Å². The standard InChI is InChI=1S/C12H15NS/c1-9-4-5-10-7-11(8-13(2)3)14-12(10)6-9/h4-7H,8H2,1-3H3. The molecule has 2 rings (SSSR count). The van der Waals surface area contributed by atoms with Gasteiger partial charge in [0.25, 0.3) is 0 Å². The third-order valence-corrected chi connectivity index (χ3v) is 3.28. The lowest BCUT2D eigenvalue weighted by Crippen LogP contribution is -2.09. The van der Waals surface area contributed by atoms with E-state index >= 15 is 0 Å². The third-order valence-electron chi connectivity index (χ3n) is 2.20. The van der Waals surface area contributed by atoms with Crippen molar-refractivity contribution in [1.82, 2.24) is 4.90 Å². The van der Waals surface area contributed by atoms with Crippen molar-refractivity contribution in [2.75, 3.05) is 14.1 Å². The summed E-state index contributed by atoms with van der Waals surface area (Å²) in [6.45, 7) is 3.18. The van der Waals surface area contributed by atoms with Crippen LogP contribution in [0.2, 0.25) is 0 Å². The molecule has 2 aromatic rings. The third kappa shape index (κ3) is 1.97. The van der Waals surface area contributed by atoms with Crippen LogP contribution in [0.15, 0.2) is 24.3 Å². The van der Waals surface area contributed by atoms with Gasteiger partial charge in [0.1, 0.15) is 0 Å². The van der Waals surface area contributed by atoms with Crippen molar-refractivity contribution in [3.8, 4) is 0 Å². The van der Waals surface area contributed by atoms with Gasteiger partial charge in [-0.05, 0) is 44.1 Å². The molecule has 0 radical (unpaired) electrons. The smallest absolute Gasteiger partial charge is 0.0348 e. The lowest BCUT2D eigenvalue weighted by atomic mass is 10.2. The Morgan fingerprint density at radius 3 is 2.71 bits per heavy atom. The fraction of sp³-hybridized carbons (Fsp3) is 0.333. The number of nitrogens with zero attached hydrogens (tertiary/aromatic N) is 1. The quantitative estimate of drug-likeness (QED) is 0.727. The minimum Gasteiger partial charge on any atom is -0.304 e. The summed E-state index contributed by atoms with van der Waals surface area (Å²) < 4.78 is 1.40. The molecule has 0 fully saturated rings. The van der Waals surface area contributed by atoms with E-state index in [1.54, 1.807) is 0 Å². The van der Waals surface area contributed by atoms with Gasteiger partial charge in [0, 0.05) is 16.1 Å². The summed E-state index contributed by atoms with van der Waals surface area (Å²) >= 11 is 1.90. The van der Waals surface area contributed by atoms with E-state index in [-0.39, 0.29) is 0 Å². The molecule has 0 N–H and O–H groups in total.